The summed E-state index contributed by atoms with van der Waals surface area (Å²) in [6.45, 7) is 0.971. The summed E-state index contributed by atoms with van der Waals surface area (Å²) in [5.74, 6) is 0.890. The molecule has 1 amide bonds. The van der Waals surface area contributed by atoms with E-state index in [-0.39, 0.29) is 11.8 Å². The molecule has 2 aliphatic heterocycles. The van der Waals surface area contributed by atoms with E-state index >= 15 is 0 Å². The Morgan fingerprint density at radius 3 is 2.71 bits per heavy atom. The van der Waals surface area contributed by atoms with Gasteiger partial charge in [0.25, 0.3) is 5.91 Å². The van der Waals surface area contributed by atoms with Crippen LogP contribution < -0.4 is 20.0 Å². The van der Waals surface area contributed by atoms with Gasteiger partial charge in [-0.1, -0.05) is 0 Å². The molecule has 0 aliphatic carbocycles. The maximum atomic E-state index is 12.3. The smallest absolute Gasteiger partial charge is 0.277 e. The largest absolute Gasteiger partial charge is 0.493 e. The predicted octanol–water partition coefficient (Wildman–Crippen LogP) is 1.32. The Kier molecular flexibility index (Phi) is 3.50. The lowest BCUT2D eigenvalue weighted by molar-refractivity contribution is -0.114. The van der Waals surface area contributed by atoms with Crippen molar-refractivity contribution in [1.29, 1.82) is 0 Å². The summed E-state index contributed by atoms with van der Waals surface area (Å²) in [4.78, 5) is 16.9. The van der Waals surface area contributed by atoms with Crippen LogP contribution in [0.4, 0.5) is 0 Å². The zero-order valence-corrected chi connectivity index (χ0v) is 14.2. The molecule has 0 atom stereocenters. The Morgan fingerprint density at radius 2 is 2.04 bits per heavy atom. The van der Waals surface area contributed by atoms with E-state index in [4.69, 9.17) is 21.7 Å². The van der Waals surface area contributed by atoms with E-state index in [9.17, 15) is 9.90 Å². The summed E-state index contributed by atoms with van der Waals surface area (Å²) in [7, 11) is 1.67. The first-order chi connectivity index (χ1) is 11.5. The Labute approximate surface area is 145 Å². The van der Waals surface area contributed by atoms with Crippen LogP contribution in [0.5, 0.6) is 17.4 Å². The second-order valence-electron chi connectivity index (χ2n) is 5.33. The Balaban J connectivity index is 1.86. The highest BCUT2D eigenvalue weighted by Crippen LogP contribution is 2.29. The lowest BCUT2D eigenvalue weighted by atomic mass is 10.1. The van der Waals surface area contributed by atoms with Crippen LogP contribution in [0.15, 0.2) is 22.7 Å². The number of fused-ring (bicyclic) bond motifs is 2. The lowest BCUT2D eigenvalue weighted by Gasteiger charge is -2.18. The quantitative estimate of drug-likeness (QED) is 0.613. The van der Waals surface area contributed by atoms with Crippen molar-refractivity contribution in [3.05, 3.63) is 37.1 Å². The number of aromatic nitrogens is 1. The molecule has 0 unspecified atom stereocenters. The highest BCUT2D eigenvalue weighted by Gasteiger charge is 2.17. The fraction of sp³-hybridized carbons (Fsp3) is 0.188. The average molecular weight is 360 g/mol. The van der Waals surface area contributed by atoms with E-state index in [0.717, 1.165) is 5.22 Å². The number of thiazole rings is 1. The van der Waals surface area contributed by atoms with Gasteiger partial charge in [-0.25, -0.2) is 4.99 Å². The third-order valence-corrected chi connectivity index (χ3v) is 5.26. The van der Waals surface area contributed by atoms with Gasteiger partial charge in [0.05, 0.1) is 10.2 Å². The van der Waals surface area contributed by atoms with Gasteiger partial charge in [-0.3, -0.25) is 9.36 Å². The number of ether oxygens (including phenoxy) is 2. The maximum absolute atomic E-state index is 12.3. The molecule has 0 radical (unpaired) electrons. The van der Waals surface area contributed by atoms with Gasteiger partial charge in [-0.05, 0) is 30.4 Å². The number of nitrogens with zero attached hydrogens (tertiary/aromatic N) is 2. The Bertz CT molecular complexity index is 1080. The number of aromatic hydroxyl groups is 1. The van der Waals surface area contributed by atoms with Crippen molar-refractivity contribution >= 4 is 41.6 Å². The van der Waals surface area contributed by atoms with Gasteiger partial charge in [0.2, 0.25) is 5.88 Å². The van der Waals surface area contributed by atoms with Crippen LogP contribution in [0, 0.1) is 3.95 Å². The van der Waals surface area contributed by atoms with Crippen molar-refractivity contribution in [2.24, 2.45) is 12.0 Å². The van der Waals surface area contributed by atoms with Crippen LogP contribution in [0.3, 0.4) is 0 Å². The van der Waals surface area contributed by atoms with E-state index in [2.05, 4.69) is 4.99 Å². The first-order valence-corrected chi connectivity index (χ1v) is 8.40. The van der Waals surface area contributed by atoms with Crippen molar-refractivity contribution in [2.75, 3.05) is 13.2 Å². The normalized spacial score (nSPS) is 17.2. The van der Waals surface area contributed by atoms with Crippen molar-refractivity contribution in [1.82, 2.24) is 4.57 Å². The molecule has 0 saturated heterocycles. The number of hydrogen-bond donors (Lipinski definition) is 1. The van der Waals surface area contributed by atoms with E-state index in [1.54, 1.807) is 31.3 Å². The fourth-order valence-corrected chi connectivity index (χ4v) is 3.69. The molecule has 122 valence electrons. The van der Waals surface area contributed by atoms with E-state index < -0.39 is 0 Å². The van der Waals surface area contributed by atoms with Gasteiger partial charge in [0.1, 0.15) is 13.2 Å². The van der Waals surface area contributed by atoms with Gasteiger partial charge >= 0.3 is 0 Å². The first-order valence-electron chi connectivity index (χ1n) is 7.18. The topological polar surface area (TPSA) is 73.0 Å². The number of carbonyl (C=O) groups is 1. The summed E-state index contributed by atoms with van der Waals surface area (Å²) >= 11 is 6.37. The maximum Gasteiger partial charge on any atom is 0.277 e. The average Bonchev–Trinajstić information content (AvgIpc) is 2.81. The zero-order chi connectivity index (χ0) is 16.8. The highest BCUT2D eigenvalue weighted by atomic mass is 32.1. The van der Waals surface area contributed by atoms with Crippen molar-refractivity contribution in [3.63, 3.8) is 0 Å². The van der Waals surface area contributed by atoms with Crippen LogP contribution in [-0.2, 0) is 11.8 Å². The van der Waals surface area contributed by atoms with Crippen LogP contribution in [-0.4, -0.2) is 28.8 Å². The Hall–Kier alpha value is -2.45. The summed E-state index contributed by atoms with van der Waals surface area (Å²) in [6.07, 6.45) is 3.33. The lowest BCUT2D eigenvalue weighted by Crippen LogP contribution is -2.32. The van der Waals surface area contributed by atoms with Gasteiger partial charge in [0.15, 0.2) is 15.5 Å². The van der Waals surface area contributed by atoms with Gasteiger partial charge in [0, 0.05) is 23.9 Å². The molecule has 1 aromatic carbocycles. The molecule has 2 aliphatic rings. The highest BCUT2D eigenvalue weighted by molar-refractivity contribution is 7.73. The molecule has 6 nitrogen and oxygen atoms in total. The standard InChI is InChI=1S/C16H12N2O4S2/c1-18-15(20)13(24-16(18)23)6-9-4-8-5-11-12(22-3-2-21-11)7-10(8)17-14(9)19/h4-7,20H,2-3H2,1H3/b9-6-. The minimum absolute atomic E-state index is 0.0340. The van der Waals surface area contributed by atoms with E-state index in [1.165, 1.54) is 15.9 Å². The predicted molar refractivity (Wildman–Crippen MR) is 91.5 cm³/mol. The number of amides is 1. The molecule has 3 heterocycles. The second kappa shape index (κ2) is 5.57. The summed E-state index contributed by atoms with van der Waals surface area (Å²) in [6, 6.07) is 3.51. The van der Waals surface area contributed by atoms with Gasteiger partial charge < -0.3 is 14.6 Å². The molecule has 0 bridgehead atoms. The first kappa shape index (κ1) is 15.1. The SMILES string of the molecule is Cn1c(O)c(/C=C2/C=c3cc4c(cc3=NC2=O)OCCO4)sc1=S. The van der Waals surface area contributed by atoms with Crippen LogP contribution in [0.25, 0.3) is 12.2 Å². The molecule has 24 heavy (non-hydrogen) atoms. The third-order valence-electron chi connectivity index (χ3n) is 3.77. The molecule has 4 rings (SSSR count). The van der Waals surface area contributed by atoms with Crippen LogP contribution in [0.1, 0.15) is 4.88 Å². The molecule has 1 N–H and O–H groups in total. The minimum atomic E-state index is -0.374. The molecule has 1 aromatic heterocycles. The second-order valence-corrected chi connectivity index (χ2v) is 7.01. The molecular weight excluding hydrogens is 348 g/mol. The number of benzene rings is 1. The van der Waals surface area contributed by atoms with Crippen molar-refractivity contribution in [3.8, 4) is 17.4 Å². The number of hydrogen-bond acceptors (Lipinski definition) is 6. The van der Waals surface area contributed by atoms with Crippen LogP contribution >= 0.6 is 23.6 Å². The van der Waals surface area contributed by atoms with E-state index in [1.807, 2.05) is 0 Å². The minimum Gasteiger partial charge on any atom is -0.493 e. The monoisotopic (exact) mass is 360 g/mol. The van der Waals surface area contributed by atoms with Gasteiger partial charge in [-0.2, -0.15) is 0 Å². The Morgan fingerprint density at radius 1 is 1.33 bits per heavy atom. The summed E-state index contributed by atoms with van der Waals surface area (Å²) < 4.78 is 13.1. The number of carbonyl (C=O) groups excluding carboxylic acids is 1. The van der Waals surface area contributed by atoms with Gasteiger partial charge in [-0.15, -0.1) is 11.3 Å². The van der Waals surface area contributed by atoms with Crippen LogP contribution in [0.2, 0.25) is 0 Å². The summed E-state index contributed by atoms with van der Waals surface area (Å²) in [5.41, 5.74) is 0.381. The van der Waals surface area contributed by atoms with Crippen molar-refractivity contribution in [2.45, 2.75) is 0 Å². The molecule has 2 aromatic rings. The molecule has 0 fully saturated rings. The molecule has 0 spiro atoms. The fourth-order valence-electron chi connectivity index (χ4n) is 2.51. The molecule has 0 saturated carbocycles. The molecular formula is C16H12N2O4S2. The zero-order valence-electron chi connectivity index (χ0n) is 12.6. The summed E-state index contributed by atoms with van der Waals surface area (Å²) in [5, 5.41) is 11.4. The van der Waals surface area contributed by atoms with Crippen molar-refractivity contribution < 1.29 is 19.4 Å². The van der Waals surface area contributed by atoms with E-state index in [0.29, 0.717) is 44.5 Å². The number of rotatable bonds is 1. The molecule has 8 heteroatoms. The third kappa shape index (κ3) is 2.44.